The molecule has 0 aromatic carbocycles. The maximum absolute atomic E-state index is 10.3. The number of hydrogen-bond donors (Lipinski definition) is 5. The van der Waals surface area contributed by atoms with Gasteiger partial charge in [-0.25, -0.2) is 0 Å². The Morgan fingerprint density at radius 2 is 0.923 bits per heavy atom. The highest BCUT2D eigenvalue weighted by Gasteiger charge is 2.26. The first-order valence-electron chi connectivity index (χ1n) is 10.2. The predicted molar refractivity (Wildman–Crippen MR) is 104 cm³/mol. The lowest BCUT2D eigenvalue weighted by Gasteiger charge is -2.23. The largest absolute Gasteiger partial charge is 0.481 e. The van der Waals surface area contributed by atoms with Gasteiger partial charge in [0.2, 0.25) is 0 Å². The minimum atomic E-state index is -1.11. The summed E-state index contributed by atoms with van der Waals surface area (Å²) in [4.78, 5) is 10.3. The molecular formula is C20H42O6. The van der Waals surface area contributed by atoms with Crippen molar-refractivity contribution in [2.24, 2.45) is 5.41 Å². The highest BCUT2D eigenvalue weighted by molar-refractivity contribution is 5.66. The Hall–Kier alpha value is -0.690. The minimum absolute atomic E-state index is 0.345. The van der Waals surface area contributed by atoms with E-state index in [9.17, 15) is 4.79 Å². The second-order valence-corrected chi connectivity index (χ2v) is 7.17. The Morgan fingerprint density at radius 1 is 0.615 bits per heavy atom. The first-order valence-corrected chi connectivity index (χ1v) is 10.2. The second kappa shape index (κ2) is 20.6. The van der Waals surface area contributed by atoms with Gasteiger partial charge in [-0.1, -0.05) is 77.6 Å². The Morgan fingerprint density at radius 3 is 1.15 bits per heavy atom. The summed E-state index contributed by atoms with van der Waals surface area (Å²) in [6.45, 7) is 0.629. The summed E-state index contributed by atoms with van der Waals surface area (Å²) in [6.07, 6.45) is 15.8. The Labute approximate surface area is 159 Å². The molecule has 0 fully saturated rings. The zero-order valence-electron chi connectivity index (χ0n) is 16.7. The van der Waals surface area contributed by atoms with Crippen molar-refractivity contribution in [3.05, 3.63) is 0 Å². The van der Waals surface area contributed by atoms with Crippen LogP contribution in [0, 0.1) is 5.41 Å². The van der Waals surface area contributed by atoms with Crippen LogP contribution in [-0.4, -0.2) is 57.9 Å². The van der Waals surface area contributed by atoms with Crippen LogP contribution in [0.5, 0.6) is 0 Å². The summed E-state index contributed by atoms with van der Waals surface area (Å²) in [5, 5.41) is 42.5. The van der Waals surface area contributed by atoms with Gasteiger partial charge in [-0.2, -0.15) is 0 Å². The van der Waals surface area contributed by atoms with E-state index in [-0.39, 0.29) is 0 Å². The molecule has 0 spiro atoms. The van der Waals surface area contributed by atoms with Crippen LogP contribution in [0.15, 0.2) is 0 Å². The third-order valence-electron chi connectivity index (χ3n) is 4.59. The zero-order valence-corrected chi connectivity index (χ0v) is 16.7. The van der Waals surface area contributed by atoms with Crippen LogP contribution >= 0.6 is 0 Å². The average Bonchev–Trinajstić information content (AvgIpc) is 2.65. The third-order valence-corrected chi connectivity index (χ3v) is 4.59. The highest BCUT2D eigenvalue weighted by atomic mass is 16.4. The molecule has 6 heteroatoms. The smallest absolute Gasteiger partial charge is 0.303 e. The molecule has 0 rings (SSSR count). The summed E-state index contributed by atoms with van der Waals surface area (Å²) < 4.78 is 0. The second-order valence-electron chi connectivity index (χ2n) is 7.17. The molecular weight excluding hydrogens is 336 g/mol. The van der Waals surface area contributed by atoms with E-state index in [0.29, 0.717) is 6.42 Å². The summed E-state index contributed by atoms with van der Waals surface area (Å²) in [5.74, 6) is -0.655. The fourth-order valence-electron chi connectivity index (χ4n) is 2.42. The molecule has 0 heterocycles. The van der Waals surface area contributed by atoms with Crippen LogP contribution < -0.4 is 0 Å². The summed E-state index contributed by atoms with van der Waals surface area (Å²) in [7, 11) is 0. The van der Waals surface area contributed by atoms with Gasteiger partial charge >= 0.3 is 5.97 Å². The summed E-state index contributed by atoms with van der Waals surface area (Å²) in [5.41, 5.74) is -1.11. The molecule has 0 aromatic rings. The lowest BCUT2D eigenvalue weighted by Crippen LogP contribution is -2.37. The molecule has 26 heavy (non-hydrogen) atoms. The van der Waals surface area contributed by atoms with Crippen LogP contribution in [0.25, 0.3) is 0 Å². The van der Waals surface area contributed by atoms with E-state index in [0.717, 1.165) is 12.8 Å². The number of aliphatic hydroxyl groups excluding tert-OH is 4. The standard InChI is InChI=1S/C15H30O2.C5H12O4/c1-2-3-4-5-6-7-8-9-10-11-12-13-14-15(16)17;6-1-5(2-7,3-8)4-9/h2-14H2,1H3,(H,16,17);6-9H,1-4H2. The van der Waals surface area contributed by atoms with Crippen LogP contribution in [-0.2, 0) is 4.79 Å². The molecule has 5 N–H and O–H groups in total. The van der Waals surface area contributed by atoms with Gasteiger partial charge in [-0.15, -0.1) is 0 Å². The topological polar surface area (TPSA) is 118 Å². The van der Waals surface area contributed by atoms with Gasteiger partial charge in [0, 0.05) is 6.42 Å². The van der Waals surface area contributed by atoms with E-state index >= 15 is 0 Å². The van der Waals surface area contributed by atoms with Crippen molar-refractivity contribution in [1.29, 1.82) is 0 Å². The fraction of sp³-hybridized carbons (Fsp3) is 0.950. The summed E-state index contributed by atoms with van der Waals surface area (Å²) in [6, 6.07) is 0. The Bertz CT molecular complexity index is 275. The van der Waals surface area contributed by atoms with Gasteiger partial charge in [-0.3, -0.25) is 4.79 Å². The lowest BCUT2D eigenvalue weighted by atomic mass is 9.93. The number of aliphatic carboxylic acids is 1. The van der Waals surface area contributed by atoms with Crippen LogP contribution in [0.1, 0.15) is 90.4 Å². The van der Waals surface area contributed by atoms with E-state index in [4.69, 9.17) is 25.5 Å². The number of aliphatic hydroxyl groups is 4. The van der Waals surface area contributed by atoms with E-state index < -0.39 is 37.8 Å². The zero-order chi connectivity index (χ0) is 20.1. The number of carbonyl (C=O) groups is 1. The quantitative estimate of drug-likeness (QED) is 0.248. The van der Waals surface area contributed by atoms with Crippen molar-refractivity contribution in [2.45, 2.75) is 90.4 Å². The molecule has 0 radical (unpaired) electrons. The first kappa shape index (κ1) is 27.5. The molecule has 0 unspecified atom stereocenters. The molecule has 0 saturated carbocycles. The van der Waals surface area contributed by atoms with Crippen LogP contribution in [0.2, 0.25) is 0 Å². The molecule has 158 valence electrons. The molecule has 0 bridgehead atoms. The number of carboxylic acids is 1. The van der Waals surface area contributed by atoms with Crippen molar-refractivity contribution in [3.8, 4) is 0 Å². The van der Waals surface area contributed by atoms with Crippen molar-refractivity contribution < 1.29 is 30.3 Å². The van der Waals surface area contributed by atoms with Crippen molar-refractivity contribution in [1.82, 2.24) is 0 Å². The Kier molecular flexibility index (Phi) is 21.8. The number of hydrogen-bond acceptors (Lipinski definition) is 5. The Balaban J connectivity index is 0. The number of rotatable bonds is 17. The first-order chi connectivity index (χ1) is 12.5. The third kappa shape index (κ3) is 18.1. The maximum atomic E-state index is 10.3. The average molecular weight is 379 g/mol. The molecule has 0 aliphatic heterocycles. The summed E-state index contributed by atoms with van der Waals surface area (Å²) >= 11 is 0. The van der Waals surface area contributed by atoms with E-state index in [1.54, 1.807) is 0 Å². The number of carboxylic acid groups (broad SMARTS) is 1. The van der Waals surface area contributed by atoms with Gasteiger partial charge in [0.15, 0.2) is 0 Å². The monoisotopic (exact) mass is 378 g/mol. The van der Waals surface area contributed by atoms with E-state index in [1.807, 2.05) is 0 Å². The normalized spacial score (nSPS) is 11.1. The van der Waals surface area contributed by atoms with Crippen LogP contribution in [0.3, 0.4) is 0 Å². The van der Waals surface area contributed by atoms with Gasteiger partial charge in [0.25, 0.3) is 0 Å². The highest BCUT2D eigenvalue weighted by Crippen LogP contribution is 2.13. The lowest BCUT2D eigenvalue weighted by molar-refractivity contribution is -0.137. The fourth-order valence-corrected chi connectivity index (χ4v) is 2.42. The molecule has 0 amide bonds. The van der Waals surface area contributed by atoms with E-state index in [1.165, 1.54) is 64.2 Å². The molecule has 0 aromatic heterocycles. The maximum Gasteiger partial charge on any atom is 0.303 e. The molecule has 0 aliphatic carbocycles. The predicted octanol–water partition coefficient (Wildman–Crippen LogP) is 3.10. The van der Waals surface area contributed by atoms with Gasteiger partial charge in [-0.05, 0) is 6.42 Å². The van der Waals surface area contributed by atoms with Crippen LogP contribution in [0.4, 0.5) is 0 Å². The molecule has 0 aliphatic rings. The number of unbranched alkanes of at least 4 members (excludes halogenated alkanes) is 11. The minimum Gasteiger partial charge on any atom is -0.481 e. The van der Waals surface area contributed by atoms with Gasteiger partial charge < -0.3 is 25.5 Å². The van der Waals surface area contributed by atoms with Crippen molar-refractivity contribution in [2.75, 3.05) is 26.4 Å². The van der Waals surface area contributed by atoms with Gasteiger partial charge in [0.1, 0.15) is 0 Å². The van der Waals surface area contributed by atoms with Gasteiger partial charge in [0.05, 0.1) is 31.8 Å². The van der Waals surface area contributed by atoms with Crippen molar-refractivity contribution >= 4 is 5.97 Å². The van der Waals surface area contributed by atoms with E-state index in [2.05, 4.69) is 6.92 Å². The molecule has 6 nitrogen and oxygen atoms in total. The molecule has 0 atom stereocenters. The SMILES string of the molecule is CCCCCCCCCCCCCCC(=O)O.OCC(CO)(CO)CO. The van der Waals surface area contributed by atoms with Crippen molar-refractivity contribution in [3.63, 3.8) is 0 Å². The molecule has 0 saturated heterocycles.